The quantitative estimate of drug-likeness (QED) is 0.719. The van der Waals surface area contributed by atoms with Gasteiger partial charge in [-0.25, -0.2) is 0 Å². The van der Waals surface area contributed by atoms with Crippen LogP contribution in [0.2, 0.25) is 0 Å². The van der Waals surface area contributed by atoms with Crippen LogP contribution < -0.4 is 4.74 Å². The van der Waals surface area contributed by atoms with Gasteiger partial charge < -0.3 is 9.84 Å². The number of aliphatic hydroxyl groups excluding tert-OH is 1. The summed E-state index contributed by atoms with van der Waals surface area (Å²) >= 11 is 0. The lowest BCUT2D eigenvalue weighted by atomic mass is 9.89. The highest BCUT2D eigenvalue weighted by atomic mass is 16.5. The van der Waals surface area contributed by atoms with E-state index >= 15 is 0 Å². The van der Waals surface area contributed by atoms with E-state index in [1.807, 2.05) is 0 Å². The second-order valence-electron chi connectivity index (χ2n) is 7.47. The Hall–Kier alpha value is -2.32. The number of fused-ring (bicyclic) bond motifs is 2. The summed E-state index contributed by atoms with van der Waals surface area (Å²) in [5.41, 5.74) is 4.72. The zero-order chi connectivity index (χ0) is 17.4. The van der Waals surface area contributed by atoms with Crippen molar-refractivity contribution in [2.75, 3.05) is 6.61 Å². The number of hydrogen-bond acceptors (Lipinski definition) is 2. The molecule has 0 saturated heterocycles. The van der Waals surface area contributed by atoms with E-state index < -0.39 is 0 Å². The molecule has 128 valence electrons. The van der Waals surface area contributed by atoms with E-state index in [0.717, 1.165) is 24.2 Å². The third kappa shape index (κ3) is 3.03. The standard InChI is InChI=1S/C23H24O2/c1-23(2)13-11-17-7-8-18(15-22(17)25-23)20-10-9-16-5-3-4-6-19(16)21(20)12-14-24/h3-10,15,24H,11-14H2,1-2H3. The van der Waals surface area contributed by atoms with Gasteiger partial charge in [0.15, 0.2) is 0 Å². The van der Waals surface area contributed by atoms with Gasteiger partial charge in [0.05, 0.1) is 0 Å². The van der Waals surface area contributed by atoms with Gasteiger partial charge in [0, 0.05) is 6.61 Å². The van der Waals surface area contributed by atoms with Gasteiger partial charge in [0.1, 0.15) is 11.4 Å². The molecule has 2 heteroatoms. The van der Waals surface area contributed by atoms with Crippen molar-refractivity contribution >= 4 is 10.8 Å². The Morgan fingerprint density at radius 2 is 1.88 bits per heavy atom. The Labute approximate surface area is 149 Å². The Kier molecular flexibility index (Phi) is 4.01. The number of rotatable bonds is 3. The molecule has 4 rings (SSSR count). The summed E-state index contributed by atoms with van der Waals surface area (Å²) in [5, 5.41) is 12.0. The van der Waals surface area contributed by atoms with E-state index in [-0.39, 0.29) is 12.2 Å². The molecule has 3 aromatic rings. The van der Waals surface area contributed by atoms with Gasteiger partial charge in [-0.1, -0.05) is 48.5 Å². The smallest absolute Gasteiger partial charge is 0.123 e. The number of hydrogen-bond donors (Lipinski definition) is 1. The molecule has 1 N–H and O–H groups in total. The van der Waals surface area contributed by atoms with Crippen molar-refractivity contribution in [3.63, 3.8) is 0 Å². The van der Waals surface area contributed by atoms with Crippen LogP contribution in [0.15, 0.2) is 54.6 Å². The fourth-order valence-corrected chi connectivity index (χ4v) is 3.80. The molecule has 0 radical (unpaired) electrons. The molecule has 1 heterocycles. The summed E-state index contributed by atoms with van der Waals surface area (Å²) < 4.78 is 6.22. The first-order chi connectivity index (χ1) is 12.1. The van der Waals surface area contributed by atoms with Crippen LogP contribution in [0.5, 0.6) is 5.75 Å². The summed E-state index contributed by atoms with van der Waals surface area (Å²) in [4.78, 5) is 0. The molecule has 25 heavy (non-hydrogen) atoms. The molecule has 3 aromatic carbocycles. The number of aliphatic hydroxyl groups is 1. The first kappa shape index (κ1) is 16.2. The summed E-state index contributed by atoms with van der Waals surface area (Å²) in [7, 11) is 0. The lowest BCUT2D eigenvalue weighted by Gasteiger charge is -2.33. The minimum Gasteiger partial charge on any atom is -0.488 e. The van der Waals surface area contributed by atoms with Crippen LogP contribution in [0.1, 0.15) is 31.4 Å². The number of aryl methyl sites for hydroxylation is 1. The van der Waals surface area contributed by atoms with Crippen LogP contribution >= 0.6 is 0 Å². The zero-order valence-corrected chi connectivity index (χ0v) is 14.9. The third-order valence-corrected chi connectivity index (χ3v) is 5.16. The van der Waals surface area contributed by atoms with E-state index in [4.69, 9.17) is 4.74 Å². The summed E-state index contributed by atoms with van der Waals surface area (Å²) in [6, 6.07) is 19.3. The van der Waals surface area contributed by atoms with E-state index in [2.05, 4.69) is 68.4 Å². The van der Waals surface area contributed by atoms with E-state index in [1.54, 1.807) is 0 Å². The molecule has 0 fully saturated rings. The molecule has 2 nitrogen and oxygen atoms in total. The van der Waals surface area contributed by atoms with Crippen LogP contribution in [0.4, 0.5) is 0 Å². The van der Waals surface area contributed by atoms with Crippen molar-refractivity contribution in [2.45, 2.75) is 38.7 Å². The first-order valence-electron chi connectivity index (χ1n) is 9.01. The van der Waals surface area contributed by atoms with Crippen LogP contribution in [0, 0.1) is 0 Å². The van der Waals surface area contributed by atoms with Crippen molar-refractivity contribution < 1.29 is 9.84 Å². The van der Waals surface area contributed by atoms with Crippen molar-refractivity contribution in [1.82, 2.24) is 0 Å². The van der Waals surface area contributed by atoms with E-state index in [9.17, 15) is 5.11 Å². The van der Waals surface area contributed by atoms with E-state index in [0.29, 0.717) is 6.42 Å². The maximum Gasteiger partial charge on any atom is 0.123 e. The Balaban J connectivity index is 1.86. The largest absolute Gasteiger partial charge is 0.488 e. The van der Waals surface area contributed by atoms with Crippen LogP contribution in [0.25, 0.3) is 21.9 Å². The predicted molar refractivity (Wildman–Crippen MR) is 103 cm³/mol. The minimum atomic E-state index is -0.108. The molecule has 1 aliphatic heterocycles. The lowest BCUT2D eigenvalue weighted by Crippen LogP contribution is -2.32. The molecule has 0 aromatic heterocycles. The highest BCUT2D eigenvalue weighted by molar-refractivity contribution is 5.92. The molecule has 0 bridgehead atoms. The SMILES string of the molecule is CC1(C)CCc2ccc(-c3ccc4ccccc4c3CCO)cc2O1. The van der Waals surface area contributed by atoms with Crippen molar-refractivity contribution in [3.05, 3.63) is 65.7 Å². The molecule has 0 unspecified atom stereocenters. The van der Waals surface area contributed by atoms with Crippen molar-refractivity contribution in [3.8, 4) is 16.9 Å². The Bertz CT molecular complexity index is 925. The summed E-state index contributed by atoms with van der Waals surface area (Å²) in [5.74, 6) is 0.997. The maximum atomic E-state index is 9.59. The molecule has 0 atom stereocenters. The Morgan fingerprint density at radius 1 is 1.04 bits per heavy atom. The van der Waals surface area contributed by atoms with Crippen molar-refractivity contribution in [2.24, 2.45) is 0 Å². The van der Waals surface area contributed by atoms with E-state index in [1.165, 1.54) is 27.5 Å². The fourth-order valence-electron chi connectivity index (χ4n) is 3.80. The van der Waals surface area contributed by atoms with Gasteiger partial charge in [-0.15, -0.1) is 0 Å². The van der Waals surface area contributed by atoms with Gasteiger partial charge >= 0.3 is 0 Å². The van der Waals surface area contributed by atoms with Crippen LogP contribution in [-0.4, -0.2) is 17.3 Å². The summed E-state index contributed by atoms with van der Waals surface area (Å²) in [6.45, 7) is 4.45. The second kappa shape index (κ2) is 6.20. The topological polar surface area (TPSA) is 29.5 Å². The monoisotopic (exact) mass is 332 g/mol. The van der Waals surface area contributed by atoms with Crippen molar-refractivity contribution in [1.29, 1.82) is 0 Å². The molecule has 0 amide bonds. The number of ether oxygens (including phenoxy) is 1. The fraction of sp³-hybridized carbons (Fsp3) is 0.304. The first-order valence-corrected chi connectivity index (χ1v) is 9.01. The molecular formula is C23H24O2. The molecule has 0 aliphatic carbocycles. The number of benzene rings is 3. The molecule has 0 saturated carbocycles. The average Bonchev–Trinajstić information content (AvgIpc) is 2.61. The molecule has 0 spiro atoms. The zero-order valence-electron chi connectivity index (χ0n) is 14.9. The highest BCUT2D eigenvalue weighted by Crippen LogP contribution is 2.38. The van der Waals surface area contributed by atoms with Gasteiger partial charge in [-0.3, -0.25) is 0 Å². The van der Waals surface area contributed by atoms with Crippen LogP contribution in [0.3, 0.4) is 0 Å². The molecular weight excluding hydrogens is 308 g/mol. The van der Waals surface area contributed by atoms with Gasteiger partial charge in [0.2, 0.25) is 0 Å². The maximum absolute atomic E-state index is 9.59. The Morgan fingerprint density at radius 3 is 2.72 bits per heavy atom. The van der Waals surface area contributed by atoms with Crippen LogP contribution in [-0.2, 0) is 12.8 Å². The van der Waals surface area contributed by atoms with Gasteiger partial charge in [0.25, 0.3) is 0 Å². The lowest BCUT2D eigenvalue weighted by molar-refractivity contribution is 0.0848. The summed E-state index contributed by atoms with van der Waals surface area (Å²) in [6.07, 6.45) is 2.76. The minimum absolute atomic E-state index is 0.108. The second-order valence-corrected chi connectivity index (χ2v) is 7.47. The third-order valence-electron chi connectivity index (χ3n) is 5.16. The van der Waals surface area contributed by atoms with Gasteiger partial charge in [-0.2, -0.15) is 0 Å². The van der Waals surface area contributed by atoms with Gasteiger partial charge in [-0.05, 0) is 72.2 Å². The molecule has 1 aliphatic rings. The highest BCUT2D eigenvalue weighted by Gasteiger charge is 2.26. The average molecular weight is 332 g/mol. The predicted octanol–water partition coefficient (Wildman–Crippen LogP) is 5.15. The normalized spacial score (nSPS) is 15.6.